The average molecular weight is 392 g/mol. The quantitative estimate of drug-likeness (QED) is 0.795. The highest BCUT2D eigenvalue weighted by Crippen LogP contribution is 2.48. The molecule has 1 N–H and O–H groups in total. The molecule has 0 bridgehead atoms. The summed E-state index contributed by atoms with van der Waals surface area (Å²) < 4.78 is 16.7. The van der Waals surface area contributed by atoms with Gasteiger partial charge in [0.15, 0.2) is 11.5 Å². The van der Waals surface area contributed by atoms with Gasteiger partial charge in [0.05, 0.1) is 26.4 Å². The number of aliphatic hydroxyl groups is 1. The number of rotatable bonds is 6. The monoisotopic (exact) mass is 391 g/mol. The Morgan fingerprint density at radius 1 is 1.29 bits per heavy atom. The minimum Gasteiger partial charge on any atom is -0.493 e. The van der Waals surface area contributed by atoms with Crippen LogP contribution < -0.4 is 9.47 Å². The Morgan fingerprint density at radius 3 is 2.61 bits per heavy atom. The van der Waals surface area contributed by atoms with Crippen LogP contribution in [0.1, 0.15) is 57.4 Å². The van der Waals surface area contributed by atoms with Crippen LogP contribution in [0, 0.1) is 5.41 Å². The molecule has 1 saturated carbocycles. The largest absolute Gasteiger partial charge is 0.493 e. The topological polar surface area (TPSA) is 68.2 Å². The Labute approximate surface area is 167 Å². The lowest BCUT2D eigenvalue weighted by molar-refractivity contribution is 0.0300. The number of hydrogen-bond acceptors (Lipinski definition) is 5. The second-order valence-electron chi connectivity index (χ2n) is 8.27. The van der Waals surface area contributed by atoms with Crippen LogP contribution in [-0.4, -0.2) is 55.6 Å². The zero-order valence-electron chi connectivity index (χ0n) is 17.4. The van der Waals surface area contributed by atoms with Crippen molar-refractivity contribution in [3.8, 4) is 11.5 Å². The molecule has 1 amide bonds. The van der Waals surface area contributed by atoms with E-state index in [0.29, 0.717) is 19.5 Å². The van der Waals surface area contributed by atoms with Gasteiger partial charge in [0.2, 0.25) is 0 Å². The van der Waals surface area contributed by atoms with Crippen molar-refractivity contribution >= 4 is 6.09 Å². The van der Waals surface area contributed by atoms with Crippen LogP contribution in [0.5, 0.6) is 11.5 Å². The molecule has 28 heavy (non-hydrogen) atoms. The Balaban J connectivity index is 1.93. The molecule has 0 radical (unpaired) electrons. The lowest BCUT2D eigenvalue weighted by Crippen LogP contribution is -2.39. The maximum absolute atomic E-state index is 12.2. The second kappa shape index (κ2) is 8.60. The molecule has 156 valence electrons. The van der Waals surface area contributed by atoms with E-state index in [4.69, 9.17) is 14.2 Å². The molecule has 1 heterocycles. The SMILES string of the molecule is CCC(O)C1(C)CN(C(=O)OC)CC1c1ccc(OC)c(OC2CCCC2)c1. The fourth-order valence-corrected chi connectivity index (χ4v) is 4.76. The molecule has 1 aliphatic carbocycles. The van der Waals surface area contributed by atoms with Crippen LogP contribution in [0.25, 0.3) is 0 Å². The van der Waals surface area contributed by atoms with Gasteiger partial charge in [0.1, 0.15) is 0 Å². The molecule has 0 spiro atoms. The van der Waals surface area contributed by atoms with E-state index in [2.05, 4.69) is 6.92 Å². The third-order valence-corrected chi connectivity index (χ3v) is 6.50. The Morgan fingerprint density at radius 2 is 2.00 bits per heavy atom. The summed E-state index contributed by atoms with van der Waals surface area (Å²) in [6.45, 7) is 4.99. The molecule has 6 heteroatoms. The number of methoxy groups -OCH3 is 2. The summed E-state index contributed by atoms with van der Waals surface area (Å²) in [7, 11) is 3.04. The first-order chi connectivity index (χ1) is 13.4. The first kappa shape index (κ1) is 20.8. The number of nitrogens with zero attached hydrogens (tertiary/aromatic N) is 1. The van der Waals surface area contributed by atoms with Crippen LogP contribution in [-0.2, 0) is 4.74 Å². The molecule has 3 rings (SSSR count). The van der Waals surface area contributed by atoms with E-state index in [1.807, 2.05) is 25.1 Å². The number of carbonyl (C=O) groups is 1. The predicted molar refractivity (Wildman–Crippen MR) is 107 cm³/mol. The van der Waals surface area contributed by atoms with Gasteiger partial charge in [-0.1, -0.05) is 19.9 Å². The third-order valence-electron chi connectivity index (χ3n) is 6.50. The smallest absolute Gasteiger partial charge is 0.409 e. The molecular formula is C22H33NO5. The Kier molecular flexibility index (Phi) is 6.38. The van der Waals surface area contributed by atoms with Crippen molar-refractivity contribution in [3.63, 3.8) is 0 Å². The summed E-state index contributed by atoms with van der Waals surface area (Å²) in [4.78, 5) is 13.9. The van der Waals surface area contributed by atoms with Crippen LogP contribution in [0.15, 0.2) is 18.2 Å². The van der Waals surface area contributed by atoms with E-state index in [1.54, 1.807) is 12.0 Å². The van der Waals surface area contributed by atoms with Crippen molar-refractivity contribution in [2.24, 2.45) is 5.41 Å². The average Bonchev–Trinajstić information content (AvgIpc) is 3.35. The molecule has 3 unspecified atom stereocenters. The number of amides is 1. The lowest BCUT2D eigenvalue weighted by Gasteiger charge is -2.35. The zero-order chi connectivity index (χ0) is 20.3. The van der Waals surface area contributed by atoms with Crippen LogP contribution in [0.4, 0.5) is 4.79 Å². The summed E-state index contributed by atoms with van der Waals surface area (Å²) in [5.41, 5.74) is 0.595. The molecule has 6 nitrogen and oxygen atoms in total. The van der Waals surface area contributed by atoms with Crippen molar-refractivity contribution in [3.05, 3.63) is 23.8 Å². The standard InChI is InChI=1S/C22H33NO5/c1-5-20(24)22(2)14-23(21(25)27-4)13-17(22)15-10-11-18(26-3)19(12-15)28-16-8-6-7-9-16/h10-12,16-17,20,24H,5-9,13-14H2,1-4H3. The molecule has 0 aromatic heterocycles. The fourth-order valence-electron chi connectivity index (χ4n) is 4.76. The van der Waals surface area contributed by atoms with E-state index in [9.17, 15) is 9.90 Å². The summed E-state index contributed by atoms with van der Waals surface area (Å²) in [5.74, 6) is 1.45. The van der Waals surface area contributed by atoms with Gasteiger partial charge in [-0.25, -0.2) is 4.79 Å². The van der Waals surface area contributed by atoms with Crippen molar-refractivity contribution in [2.75, 3.05) is 27.3 Å². The molecule has 1 aromatic rings. The molecule has 3 atom stereocenters. The van der Waals surface area contributed by atoms with Crippen molar-refractivity contribution in [1.29, 1.82) is 0 Å². The molecule has 1 aliphatic heterocycles. The van der Waals surface area contributed by atoms with Gasteiger partial charge in [-0.2, -0.15) is 0 Å². The molecule has 1 aromatic carbocycles. The first-order valence-corrected chi connectivity index (χ1v) is 10.3. The van der Waals surface area contributed by atoms with Crippen molar-refractivity contribution < 1.29 is 24.1 Å². The molecule has 1 saturated heterocycles. The van der Waals surface area contributed by atoms with Gasteiger partial charge < -0.3 is 24.2 Å². The van der Waals surface area contributed by atoms with Crippen LogP contribution >= 0.6 is 0 Å². The number of benzene rings is 1. The van der Waals surface area contributed by atoms with E-state index >= 15 is 0 Å². The fraction of sp³-hybridized carbons (Fsp3) is 0.682. The van der Waals surface area contributed by atoms with Crippen LogP contribution in [0.2, 0.25) is 0 Å². The Hall–Kier alpha value is -1.95. The van der Waals surface area contributed by atoms with E-state index in [1.165, 1.54) is 20.0 Å². The summed E-state index contributed by atoms with van der Waals surface area (Å²) in [6, 6.07) is 5.98. The number of ether oxygens (including phenoxy) is 3. The van der Waals surface area contributed by atoms with Gasteiger partial charge in [-0.3, -0.25) is 0 Å². The molecule has 2 aliphatic rings. The van der Waals surface area contributed by atoms with Crippen molar-refractivity contribution in [1.82, 2.24) is 4.90 Å². The maximum Gasteiger partial charge on any atom is 0.409 e. The van der Waals surface area contributed by atoms with Gasteiger partial charge in [0.25, 0.3) is 0 Å². The number of hydrogen-bond donors (Lipinski definition) is 1. The highest BCUT2D eigenvalue weighted by Gasteiger charge is 2.49. The van der Waals surface area contributed by atoms with E-state index in [-0.39, 0.29) is 18.1 Å². The molecular weight excluding hydrogens is 358 g/mol. The van der Waals surface area contributed by atoms with Gasteiger partial charge in [0, 0.05) is 24.4 Å². The zero-order valence-corrected chi connectivity index (χ0v) is 17.4. The Bertz CT molecular complexity index is 688. The summed E-state index contributed by atoms with van der Waals surface area (Å²) >= 11 is 0. The van der Waals surface area contributed by atoms with Gasteiger partial charge in [-0.15, -0.1) is 0 Å². The first-order valence-electron chi connectivity index (χ1n) is 10.3. The predicted octanol–water partition coefficient (Wildman–Crippen LogP) is 3.96. The van der Waals surface area contributed by atoms with E-state index < -0.39 is 11.5 Å². The van der Waals surface area contributed by atoms with E-state index in [0.717, 1.165) is 29.9 Å². The third kappa shape index (κ3) is 3.93. The summed E-state index contributed by atoms with van der Waals surface area (Å²) in [6.07, 6.45) is 4.52. The highest BCUT2D eigenvalue weighted by atomic mass is 16.5. The second-order valence-corrected chi connectivity index (χ2v) is 8.27. The van der Waals surface area contributed by atoms with Crippen LogP contribution in [0.3, 0.4) is 0 Å². The van der Waals surface area contributed by atoms with Gasteiger partial charge >= 0.3 is 6.09 Å². The number of carbonyl (C=O) groups excluding carboxylic acids is 1. The lowest BCUT2D eigenvalue weighted by atomic mass is 9.71. The highest BCUT2D eigenvalue weighted by molar-refractivity contribution is 5.68. The van der Waals surface area contributed by atoms with Crippen molar-refractivity contribution in [2.45, 2.75) is 64.1 Å². The summed E-state index contributed by atoms with van der Waals surface area (Å²) in [5, 5.41) is 10.8. The van der Waals surface area contributed by atoms with Gasteiger partial charge in [-0.05, 0) is 49.8 Å². The maximum atomic E-state index is 12.2. The molecule has 2 fully saturated rings. The number of aliphatic hydroxyl groups excluding tert-OH is 1. The number of likely N-dealkylation sites (tertiary alicyclic amines) is 1. The minimum absolute atomic E-state index is 0.0154. The normalized spacial score (nSPS) is 26.3. The minimum atomic E-state index is -0.520.